The lowest BCUT2D eigenvalue weighted by atomic mass is 9.88. The van der Waals surface area contributed by atoms with E-state index < -0.39 is 5.97 Å². The number of carbonyl (C=O) groups excluding carboxylic acids is 2. The van der Waals surface area contributed by atoms with E-state index in [1.165, 1.54) is 13.2 Å². The minimum Gasteiger partial charge on any atom is -0.497 e. The van der Waals surface area contributed by atoms with Crippen molar-refractivity contribution in [1.29, 1.82) is 0 Å². The molecule has 3 aromatic rings. The molecule has 1 aliphatic heterocycles. The van der Waals surface area contributed by atoms with Gasteiger partial charge in [-0.2, -0.15) is 0 Å². The average molecular weight is 484 g/mol. The number of benzene rings is 3. The summed E-state index contributed by atoms with van der Waals surface area (Å²) in [6, 6.07) is 20.5. The number of hydrogen-bond donors (Lipinski definition) is 0. The van der Waals surface area contributed by atoms with E-state index in [1.807, 2.05) is 59.5 Å². The van der Waals surface area contributed by atoms with E-state index in [4.69, 9.17) is 14.2 Å². The highest BCUT2D eigenvalue weighted by atomic mass is 16.6. The summed E-state index contributed by atoms with van der Waals surface area (Å²) < 4.78 is 16.4. The van der Waals surface area contributed by atoms with Crippen LogP contribution in [-0.4, -0.2) is 37.5 Å². The minimum absolute atomic E-state index is 0.0236. The fourth-order valence-corrected chi connectivity index (χ4v) is 4.42. The maximum atomic E-state index is 13.5. The van der Waals surface area contributed by atoms with E-state index in [-0.39, 0.29) is 23.3 Å². The summed E-state index contributed by atoms with van der Waals surface area (Å²) in [5.41, 5.74) is 3.91. The summed E-state index contributed by atoms with van der Waals surface area (Å²) in [5, 5.41) is 0. The lowest BCUT2D eigenvalue weighted by Gasteiger charge is -2.38. The summed E-state index contributed by atoms with van der Waals surface area (Å²) in [7, 11) is 3.16. The number of esters is 1. The molecular weight excluding hydrogens is 454 g/mol. The Morgan fingerprint density at radius 2 is 1.78 bits per heavy atom. The molecule has 0 bridgehead atoms. The Balaban J connectivity index is 1.71. The second-order valence-corrected chi connectivity index (χ2v) is 8.50. The van der Waals surface area contributed by atoms with Crippen molar-refractivity contribution in [1.82, 2.24) is 4.90 Å². The molecule has 6 nitrogen and oxygen atoms in total. The molecule has 0 saturated carbocycles. The molecule has 0 aliphatic carbocycles. The minimum atomic E-state index is -0.601. The number of hydrogen-bond acceptors (Lipinski definition) is 5. The molecule has 6 heteroatoms. The Hall–Kier alpha value is -4.32. The molecule has 1 aliphatic rings. The van der Waals surface area contributed by atoms with Gasteiger partial charge < -0.3 is 19.1 Å². The van der Waals surface area contributed by atoms with Crippen molar-refractivity contribution in [2.75, 3.05) is 20.8 Å². The van der Waals surface area contributed by atoms with Crippen LogP contribution in [0.5, 0.6) is 17.2 Å². The van der Waals surface area contributed by atoms with Gasteiger partial charge in [0.15, 0.2) is 11.5 Å². The van der Waals surface area contributed by atoms with Crippen molar-refractivity contribution < 1.29 is 23.8 Å². The van der Waals surface area contributed by atoms with Gasteiger partial charge in [-0.1, -0.05) is 49.6 Å². The lowest BCUT2D eigenvalue weighted by molar-refractivity contribution is -0.129. The molecule has 0 radical (unpaired) electrons. The van der Waals surface area contributed by atoms with Gasteiger partial charge in [0.05, 0.1) is 25.8 Å². The van der Waals surface area contributed by atoms with Gasteiger partial charge in [0.2, 0.25) is 0 Å². The number of ether oxygens (including phenoxy) is 3. The van der Waals surface area contributed by atoms with Gasteiger partial charge in [-0.25, -0.2) is 4.79 Å². The molecule has 0 fully saturated rings. The Morgan fingerprint density at radius 1 is 1.00 bits per heavy atom. The number of amides is 1. The first-order chi connectivity index (χ1) is 17.4. The first-order valence-corrected chi connectivity index (χ1v) is 11.7. The first-order valence-electron chi connectivity index (χ1n) is 11.7. The average Bonchev–Trinajstić information content (AvgIpc) is 2.92. The Labute approximate surface area is 211 Å². The van der Waals surface area contributed by atoms with E-state index in [9.17, 15) is 9.59 Å². The van der Waals surface area contributed by atoms with Gasteiger partial charge >= 0.3 is 5.97 Å². The van der Waals surface area contributed by atoms with Crippen LogP contribution in [0, 0.1) is 0 Å². The molecule has 36 heavy (non-hydrogen) atoms. The molecular formula is C30H29NO5. The molecule has 0 saturated heterocycles. The summed E-state index contributed by atoms with van der Waals surface area (Å²) in [6.45, 7) is 7.80. The van der Waals surface area contributed by atoms with Crippen LogP contribution >= 0.6 is 0 Å². The predicted molar refractivity (Wildman–Crippen MR) is 139 cm³/mol. The van der Waals surface area contributed by atoms with Gasteiger partial charge in [0.25, 0.3) is 5.91 Å². The second-order valence-electron chi connectivity index (χ2n) is 8.50. The van der Waals surface area contributed by atoms with E-state index in [2.05, 4.69) is 13.2 Å². The normalized spacial score (nSPS) is 14.4. The van der Waals surface area contributed by atoms with Crippen LogP contribution in [0.25, 0.3) is 0 Å². The maximum Gasteiger partial charge on any atom is 0.343 e. The quantitative estimate of drug-likeness (QED) is 0.187. The summed E-state index contributed by atoms with van der Waals surface area (Å²) in [4.78, 5) is 27.8. The van der Waals surface area contributed by atoms with E-state index >= 15 is 0 Å². The van der Waals surface area contributed by atoms with Crippen molar-refractivity contribution in [2.24, 2.45) is 0 Å². The van der Waals surface area contributed by atoms with E-state index in [1.54, 1.807) is 19.2 Å². The van der Waals surface area contributed by atoms with Crippen molar-refractivity contribution in [3.05, 3.63) is 114 Å². The van der Waals surface area contributed by atoms with Crippen molar-refractivity contribution in [2.45, 2.75) is 18.9 Å². The van der Waals surface area contributed by atoms with Gasteiger partial charge in [-0.3, -0.25) is 4.79 Å². The highest BCUT2D eigenvalue weighted by molar-refractivity contribution is 5.94. The SMILES string of the molecule is C=CC(=C)C(=O)Oc1cc(CC2c3ccc(OC)cc3CCN2C(=O)c2ccccc2)ccc1OC. The monoisotopic (exact) mass is 483 g/mol. The fourth-order valence-electron chi connectivity index (χ4n) is 4.42. The van der Waals surface area contributed by atoms with Crippen LogP contribution in [0.4, 0.5) is 0 Å². The second kappa shape index (κ2) is 11.0. The van der Waals surface area contributed by atoms with Crippen molar-refractivity contribution in [3.8, 4) is 17.2 Å². The van der Waals surface area contributed by atoms with Crippen LogP contribution in [0.2, 0.25) is 0 Å². The number of rotatable bonds is 8. The molecule has 1 atom stereocenters. The van der Waals surface area contributed by atoms with Crippen molar-refractivity contribution >= 4 is 11.9 Å². The van der Waals surface area contributed by atoms with Gasteiger partial charge in [0.1, 0.15) is 5.75 Å². The topological polar surface area (TPSA) is 65.1 Å². The van der Waals surface area contributed by atoms with Gasteiger partial charge in [0, 0.05) is 12.1 Å². The van der Waals surface area contributed by atoms with Crippen molar-refractivity contribution in [3.63, 3.8) is 0 Å². The fraction of sp³-hybridized carbons (Fsp3) is 0.200. The third-order valence-electron chi connectivity index (χ3n) is 6.36. The molecule has 0 aromatic heterocycles. The highest BCUT2D eigenvalue weighted by Gasteiger charge is 2.32. The molecule has 184 valence electrons. The molecule has 1 unspecified atom stereocenters. The van der Waals surface area contributed by atoms with Crippen LogP contribution in [0.15, 0.2) is 91.5 Å². The Kier molecular flexibility index (Phi) is 7.54. The largest absolute Gasteiger partial charge is 0.497 e. The Morgan fingerprint density at radius 3 is 2.47 bits per heavy atom. The summed E-state index contributed by atoms with van der Waals surface area (Å²) in [5.74, 6) is 0.877. The molecule has 0 spiro atoms. The molecule has 3 aromatic carbocycles. The van der Waals surface area contributed by atoms with Crippen LogP contribution in [0.3, 0.4) is 0 Å². The third kappa shape index (κ3) is 5.18. The predicted octanol–water partition coefficient (Wildman–Crippen LogP) is 5.33. The summed E-state index contributed by atoms with van der Waals surface area (Å²) >= 11 is 0. The zero-order valence-electron chi connectivity index (χ0n) is 20.5. The zero-order valence-corrected chi connectivity index (χ0v) is 20.5. The number of nitrogens with zero attached hydrogens (tertiary/aromatic N) is 1. The standard InChI is InChI=1S/C30H29NO5/c1-5-20(2)30(33)36-28-18-21(11-14-27(28)35-4)17-26-25-13-12-24(34-3)19-23(25)15-16-31(26)29(32)22-9-7-6-8-10-22/h5-14,18-19,26H,1-2,15-17H2,3-4H3. The zero-order chi connectivity index (χ0) is 25.7. The van der Waals surface area contributed by atoms with Gasteiger partial charge in [-0.05, 0) is 65.9 Å². The highest BCUT2D eigenvalue weighted by Crippen LogP contribution is 2.37. The number of fused-ring (bicyclic) bond motifs is 1. The van der Waals surface area contributed by atoms with E-state index in [0.717, 1.165) is 28.9 Å². The number of carbonyl (C=O) groups is 2. The number of methoxy groups -OCH3 is 2. The molecule has 1 heterocycles. The Bertz CT molecular complexity index is 1300. The smallest absolute Gasteiger partial charge is 0.343 e. The van der Waals surface area contributed by atoms with Crippen LogP contribution in [-0.2, 0) is 17.6 Å². The molecule has 1 amide bonds. The van der Waals surface area contributed by atoms with Crippen LogP contribution < -0.4 is 14.2 Å². The lowest BCUT2D eigenvalue weighted by Crippen LogP contribution is -2.41. The first kappa shape index (κ1) is 24.8. The van der Waals surface area contributed by atoms with Crippen LogP contribution in [0.1, 0.15) is 33.1 Å². The molecule has 4 rings (SSSR count). The van der Waals surface area contributed by atoms with E-state index in [0.29, 0.717) is 24.3 Å². The molecule has 0 N–H and O–H groups in total. The summed E-state index contributed by atoms with van der Waals surface area (Å²) in [6.07, 6.45) is 2.60. The third-order valence-corrected chi connectivity index (χ3v) is 6.36. The maximum absolute atomic E-state index is 13.5. The van der Waals surface area contributed by atoms with Gasteiger partial charge in [-0.15, -0.1) is 0 Å².